The Morgan fingerprint density at radius 1 is 0.920 bits per heavy atom. The first-order chi connectivity index (χ1) is 12.4. The lowest BCUT2D eigenvalue weighted by atomic mass is 9.87. The molecule has 1 N–H and O–H groups in total. The molecule has 2 heteroatoms. The first kappa shape index (κ1) is 17.4. The summed E-state index contributed by atoms with van der Waals surface area (Å²) in [7, 11) is 0. The molecule has 1 aromatic rings. The number of hydrogen-bond donors (Lipinski definition) is 1. The molecule has 3 aliphatic carbocycles. The molecule has 0 saturated heterocycles. The lowest BCUT2D eigenvalue weighted by molar-refractivity contribution is 0.199. The molecule has 0 heterocycles. The number of fused-ring (bicyclic) bond motifs is 1. The first-order valence-electron chi connectivity index (χ1n) is 10.7. The highest BCUT2D eigenvalue weighted by molar-refractivity contribution is 5.40. The largest absolute Gasteiger partial charge is 0.490 e. The van der Waals surface area contributed by atoms with E-state index < -0.39 is 0 Å². The predicted octanol–water partition coefficient (Wildman–Crippen LogP) is 5.24. The van der Waals surface area contributed by atoms with Gasteiger partial charge in [-0.15, -0.1) is 0 Å². The van der Waals surface area contributed by atoms with Crippen LogP contribution >= 0.6 is 0 Å². The van der Waals surface area contributed by atoms with Crippen molar-refractivity contribution in [1.82, 2.24) is 5.32 Å². The molecule has 0 bridgehead atoms. The van der Waals surface area contributed by atoms with Crippen LogP contribution in [-0.2, 0) is 12.8 Å². The number of nitrogens with one attached hydrogen (secondary N) is 1. The van der Waals surface area contributed by atoms with Gasteiger partial charge in [-0.1, -0.05) is 44.6 Å². The molecule has 1 radical (unpaired) electrons. The third-order valence-electron chi connectivity index (χ3n) is 6.48. The van der Waals surface area contributed by atoms with Gasteiger partial charge in [-0.25, -0.2) is 0 Å². The van der Waals surface area contributed by atoms with Gasteiger partial charge in [0.1, 0.15) is 11.9 Å². The van der Waals surface area contributed by atoms with Crippen LogP contribution in [0.5, 0.6) is 5.75 Å². The van der Waals surface area contributed by atoms with Crippen molar-refractivity contribution in [3.05, 3.63) is 35.7 Å². The fourth-order valence-corrected chi connectivity index (χ4v) is 4.97. The molecule has 2 nitrogen and oxygen atoms in total. The summed E-state index contributed by atoms with van der Waals surface area (Å²) in [4.78, 5) is 0. The smallest absolute Gasteiger partial charge is 0.120 e. The van der Waals surface area contributed by atoms with Crippen LogP contribution in [0.4, 0.5) is 0 Å². The molecule has 0 spiro atoms. The van der Waals surface area contributed by atoms with Crippen LogP contribution in [0.1, 0.15) is 75.3 Å². The van der Waals surface area contributed by atoms with E-state index in [9.17, 15) is 0 Å². The maximum Gasteiger partial charge on any atom is 0.120 e. The maximum absolute atomic E-state index is 6.20. The lowest BCUT2D eigenvalue weighted by Gasteiger charge is -2.23. The lowest BCUT2D eigenvalue weighted by Crippen LogP contribution is -2.31. The second kappa shape index (κ2) is 8.58. The number of benzene rings is 1. The van der Waals surface area contributed by atoms with Gasteiger partial charge in [-0.2, -0.15) is 0 Å². The number of hydrogen-bond acceptors (Lipinski definition) is 2. The number of rotatable bonds is 6. The fraction of sp³-hybridized carbons (Fsp3) is 0.696. The van der Waals surface area contributed by atoms with Crippen molar-refractivity contribution >= 4 is 0 Å². The van der Waals surface area contributed by atoms with Gasteiger partial charge in [0.2, 0.25) is 0 Å². The minimum absolute atomic E-state index is 0.331. The zero-order chi connectivity index (χ0) is 16.9. The molecule has 4 rings (SSSR count). The van der Waals surface area contributed by atoms with Crippen molar-refractivity contribution in [1.29, 1.82) is 0 Å². The molecule has 2 unspecified atom stereocenters. The Morgan fingerprint density at radius 2 is 1.76 bits per heavy atom. The van der Waals surface area contributed by atoms with E-state index in [-0.39, 0.29) is 0 Å². The quantitative estimate of drug-likeness (QED) is 0.764. The van der Waals surface area contributed by atoms with Gasteiger partial charge in [0.15, 0.2) is 0 Å². The molecule has 3 aliphatic rings. The van der Waals surface area contributed by atoms with Gasteiger partial charge < -0.3 is 10.1 Å². The van der Waals surface area contributed by atoms with Gasteiger partial charge in [0.05, 0.1) is 0 Å². The molecule has 137 valence electrons. The van der Waals surface area contributed by atoms with Crippen LogP contribution in [0, 0.1) is 12.3 Å². The summed E-state index contributed by atoms with van der Waals surface area (Å²) in [5, 5.41) is 3.83. The second-order valence-electron chi connectivity index (χ2n) is 8.46. The summed E-state index contributed by atoms with van der Waals surface area (Å²) in [6.45, 7) is 1.20. The molecule has 2 atom stereocenters. The van der Waals surface area contributed by atoms with Crippen molar-refractivity contribution in [2.75, 3.05) is 6.54 Å². The topological polar surface area (TPSA) is 21.3 Å². The first-order valence-corrected chi connectivity index (χ1v) is 10.7. The minimum atomic E-state index is 0.331. The summed E-state index contributed by atoms with van der Waals surface area (Å²) in [6, 6.07) is 7.43. The summed E-state index contributed by atoms with van der Waals surface area (Å²) >= 11 is 0. The van der Waals surface area contributed by atoms with E-state index in [1.165, 1.54) is 94.7 Å². The van der Waals surface area contributed by atoms with E-state index in [1.54, 1.807) is 0 Å². The predicted molar refractivity (Wildman–Crippen MR) is 104 cm³/mol. The molecule has 0 aromatic heterocycles. The standard InChI is InChI=1S/C23H34NO/c1-3-7-18(8-4-1)13-14-24-21-15-19-11-12-23(17-20(19)16-21)25-22-9-5-2-6-10-22/h9,11-12,17-18,21-22,24H,1-8,10,13-16H2. The third kappa shape index (κ3) is 4.78. The van der Waals surface area contributed by atoms with Crippen LogP contribution in [0.25, 0.3) is 0 Å². The molecule has 25 heavy (non-hydrogen) atoms. The summed E-state index contributed by atoms with van der Waals surface area (Å²) < 4.78 is 6.20. The molecule has 0 amide bonds. The van der Waals surface area contributed by atoms with E-state index in [2.05, 4.69) is 29.9 Å². The van der Waals surface area contributed by atoms with Gasteiger partial charge in [0, 0.05) is 12.5 Å². The molecular weight excluding hydrogens is 306 g/mol. The van der Waals surface area contributed by atoms with Crippen LogP contribution < -0.4 is 10.1 Å². The molecule has 2 saturated carbocycles. The second-order valence-corrected chi connectivity index (χ2v) is 8.46. The highest BCUT2D eigenvalue weighted by Crippen LogP contribution is 2.30. The Kier molecular flexibility index (Phi) is 5.97. The Bertz CT molecular complexity index is 543. The summed E-state index contributed by atoms with van der Waals surface area (Å²) in [5.41, 5.74) is 3.03. The molecule has 2 fully saturated rings. The van der Waals surface area contributed by atoms with Crippen molar-refractivity contribution in [2.45, 2.75) is 89.2 Å². The maximum atomic E-state index is 6.20. The van der Waals surface area contributed by atoms with Crippen LogP contribution in [0.15, 0.2) is 18.2 Å². The van der Waals surface area contributed by atoms with Gasteiger partial charge in [0.25, 0.3) is 0 Å². The highest BCUT2D eigenvalue weighted by Gasteiger charge is 2.23. The van der Waals surface area contributed by atoms with Crippen molar-refractivity contribution in [3.8, 4) is 5.75 Å². The van der Waals surface area contributed by atoms with E-state index in [4.69, 9.17) is 4.74 Å². The Morgan fingerprint density at radius 3 is 2.60 bits per heavy atom. The van der Waals surface area contributed by atoms with Gasteiger partial charge in [-0.05, 0) is 74.2 Å². The average molecular weight is 341 g/mol. The summed E-state index contributed by atoms with van der Waals surface area (Å²) in [5.74, 6) is 2.06. The third-order valence-corrected chi connectivity index (χ3v) is 6.48. The van der Waals surface area contributed by atoms with E-state index in [0.29, 0.717) is 12.1 Å². The normalized spacial score (nSPS) is 25.0. The zero-order valence-corrected chi connectivity index (χ0v) is 15.6. The van der Waals surface area contributed by atoms with Crippen LogP contribution in [0.2, 0.25) is 0 Å². The molecule has 0 aliphatic heterocycles. The number of ether oxygens (including phenoxy) is 1. The van der Waals surface area contributed by atoms with Crippen molar-refractivity contribution < 1.29 is 4.74 Å². The SMILES string of the molecule is [CH]1CCCCC1Oc1ccc2c(c1)CC(NCCC1CCCCC1)C2. The van der Waals surface area contributed by atoms with Crippen LogP contribution in [-0.4, -0.2) is 18.7 Å². The van der Waals surface area contributed by atoms with Crippen molar-refractivity contribution in [3.63, 3.8) is 0 Å². The molecule has 1 aromatic carbocycles. The van der Waals surface area contributed by atoms with Crippen LogP contribution in [0.3, 0.4) is 0 Å². The van der Waals surface area contributed by atoms with E-state index >= 15 is 0 Å². The molecular formula is C23H34NO. The Labute approximate surface area is 153 Å². The van der Waals surface area contributed by atoms with E-state index in [0.717, 1.165) is 11.7 Å². The van der Waals surface area contributed by atoms with E-state index in [1.807, 2.05) is 0 Å². The monoisotopic (exact) mass is 340 g/mol. The zero-order valence-electron chi connectivity index (χ0n) is 15.6. The Hall–Kier alpha value is -1.02. The summed E-state index contributed by atoms with van der Waals surface area (Å²) in [6.07, 6.45) is 18.8. The minimum Gasteiger partial charge on any atom is -0.490 e. The van der Waals surface area contributed by atoms with Gasteiger partial charge in [-0.3, -0.25) is 0 Å². The fourth-order valence-electron chi connectivity index (χ4n) is 4.97. The van der Waals surface area contributed by atoms with Crippen molar-refractivity contribution in [2.24, 2.45) is 5.92 Å². The highest BCUT2D eigenvalue weighted by atomic mass is 16.5. The van der Waals surface area contributed by atoms with Gasteiger partial charge >= 0.3 is 0 Å². The average Bonchev–Trinajstić information content (AvgIpc) is 3.05. The Balaban J connectivity index is 1.24.